The Labute approximate surface area is 144 Å². The molecule has 0 atom stereocenters. The monoisotopic (exact) mass is 372 g/mol. The molecule has 2 aromatic heterocycles. The van der Waals surface area contributed by atoms with E-state index in [9.17, 15) is 17.6 Å². The molecule has 0 N–H and O–H groups in total. The van der Waals surface area contributed by atoms with E-state index in [-0.39, 0.29) is 12.5 Å². The maximum Gasteiger partial charge on any atom is 0.330 e. The molecule has 0 unspecified atom stereocenters. The van der Waals surface area contributed by atoms with Crippen molar-refractivity contribution >= 4 is 11.3 Å². The number of benzene rings is 1. The molecule has 0 amide bonds. The molecule has 9 heteroatoms. The molecule has 132 valence electrons. The van der Waals surface area contributed by atoms with Crippen molar-refractivity contribution in [1.29, 1.82) is 0 Å². The highest BCUT2D eigenvalue weighted by atomic mass is 32.1. The van der Waals surface area contributed by atoms with Gasteiger partial charge in [-0.2, -0.15) is 13.8 Å². The second-order valence-electron chi connectivity index (χ2n) is 5.16. The Kier molecular flexibility index (Phi) is 5.14. The van der Waals surface area contributed by atoms with Crippen molar-refractivity contribution in [1.82, 2.24) is 10.1 Å². The topological polar surface area (TPSA) is 48.2 Å². The number of nitrogens with zero attached hydrogens (tertiary/aromatic N) is 2. The predicted molar refractivity (Wildman–Crippen MR) is 83.7 cm³/mol. The zero-order chi connectivity index (χ0) is 17.9. The summed E-state index contributed by atoms with van der Waals surface area (Å²) in [6.07, 6.45) is -3.76. The number of rotatable bonds is 7. The van der Waals surface area contributed by atoms with Crippen molar-refractivity contribution in [3.8, 4) is 22.2 Å². The van der Waals surface area contributed by atoms with Crippen LogP contribution >= 0.6 is 11.3 Å². The SMILES string of the molecule is FC(F)C(F)(F)COCc1cccc(-c2nc(-c3cccs3)no2)c1. The van der Waals surface area contributed by atoms with Crippen LogP contribution in [0.5, 0.6) is 0 Å². The van der Waals surface area contributed by atoms with Crippen LogP contribution in [-0.2, 0) is 11.3 Å². The summed E-state index contributed by atoms with van der Waals surface area (Å²) in [5, 5.41) is 5.78. The second-order valence-corrected chi connectivity index (χ2v) is 6.10. The molecule has 0 radical (unpaired) electrons. The standard InChI is InChI=1S/C16H12F4N2O2S/c17-15(18)16(19,20)9-23-8-10-3-1-4-11(7-10)14-21-13(22-24-14)12-5-2-6-25-12/h1-7,15H,8-9H2. The first-order chi connectivity index (χ1) is 12.0. The van der Waals surface area contributed by atoms with E-state index in [4.69, 9.17) is 9.26 Å². The molecular formula is C16H12F4N2O2S. The maximum atomic E-state index is 12.8. The van der Waals surface area contributed by atoms with Gasteiger partial charge in [-0.3, -0.25) is 0 Å². The fourth-order valence-corrected chi connectivity index (χ4v) is 2.66. The normalized spacial score (nSPS) is 12.0. The van der Waals surface area contributed by atoms with Gasteiger partial charge in [-0.25, -0.2) is 8.78 Å². The van der Waals surface area contributed by atoms with E-state index in [0.717, 1.165) is 4.88 Å². The lowest BCUT2D eigenvalue weighted by Gasteiger charge is -2.15. The molecule has 25 heavy (non-hydrogen) atoms. The highest BCUT2D eigenvalue weighted by Gasteiger charge is 2.40. The summed E-state index contributed by atoms with van der Waals surface area (Å²) >= 11 is 1.47. The first kappa shape index (κ1) is 17.6. The Morgan fingerprint density at radius 1 is 1.20 bits per heavy atom. The maximum absolute atomic E-state index is 12.8. The van der Waals surface area contributed by atoms with Crippen molar-refractivity contribution in [3.05, 3.63) is 47.3 Å². The minimum Gasteiger partial charge on any atom is -0.370 e. The van der Waals surface area contributed by atoms with Gasteiger partial charge < -0.3 is 9.26 Å². The van der Waals surface area contributed by atoms with Crippen molar-refractivity contribution < 1.29 is 26.8 Å². The van der Waals surface area contributed by atoms with Crippen LogP contribution in [0, 0.1) is 0 Å². The number of hydrogen-bond acceptors (Lipinski definition) is 5. The molecule has 0 aliphatic heterocycles. The fourth-order valence-electron chi connectivity index (χ4n) is 2.01. The lowest BCUT2D eigenvalue weighted by Crippen LogP contribution is -2.32. The summed E-state index contributed by atoms with van der Waals surface area (Å²) in [5.74, 6) is -3.45. The number of aromatic nitrogens is 2. The van der Waals surface area contributed by atoms with E-state index in [1.165, 1.54) is 11.3 Å². The lowest BCUT2D eigenvalue weighted by molar-refractivity contribution is -0.168. The van der Waals surface area contributed by atoms with Crippen LogP contribution in [0.3, 0.4) is 0 Å². The minimum absolute atomic E-state index is 0.234. The summed E-state index contributed by atoms with van der Waals surface area (Å²) in [7, 11) is 0. The van der Waals surface area contributed by atoms with Gasteiger partial charge in [-0.05, 0) is 29.1 Å². The smallest absolute Gasteiger partial charge is 0.330 e. The minimum atomic E-state index is -4.17. The summed E-state index contributed by atoms with van der Waals surface area (Å²) in [6, 6.07) is 10.3. The number of ether oxygens (including phenoxy) is 1. The van der Waals surface area contributed by atoms with Crippen LogP contribution in [0.4, 0.5) is 17.6 Å². The van der Waals surface area contributed by atoms with Crippen molar-refractivity contribution in [3.63, 3.8) is 0 Å². The zero-order valence-electron chi connectivity index (χ0n) is 12.7. The molecule has 3 aromatic rings. The van der Waals surface area contributed by atoms with Crippen LogP contribution < -0.4 is 0 Å². The summed E-state index contributed by atoms with van der Waals surface area (Å²) in [4.78, 5) is 5.13. The molecule has 4 nitrogen and oxygen atoms in total. The van der Waals surface area contributed by atoms with E-state index >= 15 is 0 Å². The van der Waals surface area contributed by atoms with Gasteiger partial charge in [0.2, 0.25) is 5.82 Å². The Hall–Kier alpha value is -2.26. The van der Waals surface area contributed by atoms with Crippen molar-refractivity contribution in [2.45, 2.75) is 19.0 Å². The Balaban J connectivity index is 1.68. The number of thiophene rings is 1. The number of alkyl halides is 4. The number of halogens is 4. The van der Waals surface area contributed by atoms with Crippen molar-refractivity contribution in [2.24, 2.45) is 0 Å². The third-order valence-electron chi connectivity index (χ3n) is 3.22. The zero-order valence-corrected chi connectivity index (χ0v) is 13.5. The predicted octanol–water partition coefficient (Wildman–Crippen LogP) is 4.88. The Morgan fingerprint density at radius 2 is 2.04 bits per heavy atom. The third kappa shape index (κ3) is 4.23. The molecule has 0 saturated carbocycles. The van der Waals surface area contributed by atoms with Gasteiger partial charge in [0.05, 0.1) is 11.5 Å². The first-order valence-corrected chi connectivity index (χ1v) is 8.04. The largest absolute Gasteiger partial charge is 0.370 e. The Morgan fingerprint density at radius 3 is 2.76 bits per heavy atom. The highest BCUT2D eigenvalue weighted by Crippen LogP contribution is 2.26. The molecule has 2 heterocycles. The van der Waals surface area contributed by atoms with Crippen LogP contribution in [0.1, 0.15) is 5.56 Å². The third-order valence-corrected chi connectivity index (χ3v) is 4.09. The molecule has 0 saturated heterocycles. The van der Waals surface area contributed by atoms with E-state index < -0.39 is 19.0 Å². The average molecular weight is 372 g/mol. The van der Waals surface area contributed by atoms with Gasteiger partial charge in [0, 0.05) is 5.56 Å². The van der Waals surface area contributed by atoms with Crippen molar-refractivity contribution in [2.75, 3.05) is 6.61 Å². The number of hydrogen-bond donors (Lipinski definition) is 0. The van der Waals surface area contributed by atoms with Gasteiger partial charge in [-0.1, -0.05) is 23.4 Å². The van der Waals surface area contributed by atoms with Crippen LogP contribution in [-0.4, -0.2) is 29.1 Å². The van der Waals surface area contributed by atoms with Gasteiger partial charge in [0.1, 0.15) is 6.61 Å². The fraction of sp³-hybridized carbons (Fsp3) is 0.250. The summed E-state index contributed by atoms with van der Waals surface area (Å²) < 4.78 is 59.7. The van der Waals surface area contributed by atoms with Crippen LogP contribution in [0.25, 0.3) is 22.2 Å². The molecule has 1 aromatic carbocycles. The first-order valence-electron chi connectivity index (χ1n) is 7.16. The molecule has 0 spiro atoms. The van der Waals surface area contributed by atoms with E-state index in [0.29, 0.717) is 17.0 Å². The van der Waals surface area contributed by atoms with E-state index in [2.05, 4.69) is 10.1 Å². The molecular weight excluding hydrogens is 360 g/mol. The van der Waals surface area contributed by atoms with Gasteiger partial charge in [0.15, 0.2) is 0 Å². The quantitative estimate of drug-likeness (QED) is 0.555. The average Bonchev–Trinajstić information content (AvgIpc) is 3.26. The van der Waals surface area contributed by atoms with Gasteiger partial charge in [0.25, 0.3) is 5.89 Å². The van der Waals surface area contributed by atoms with Gasteiger partial charge >= 0.3 is 12.3 Å². The molecule has 3 rings (SSSR count). The summed E-state index contributed by atoms with van der Waals surface area (Å²) in [5.41, 5.74) is 1.11. The van der Waals surface area contributed by atoms with E-state index in [1.54, 1.807) is 24.3 Å². The molecule has 0 aliphatic carbocycles. The molecule has 0 fully saturated rings. The molecule has 0 bridgehead atoms. The van der Waals surface area contributed by atoms with Gasteiger partial charge in [-0.15, -0.1) is 11.3 Å². The van der Waals surface area contributed by atoms with Crippen LogP contribution in [0.2, 0.25) is 0 Å². The van der Waals surface area contributed by atoms with E-state index in [1.807, 2.05) is 17.5 Å². The summed E-state index contributed by atoms with van der Waals surface area (Å²) in [6.45, 7) is -1.58. The lowest BCUT2D eigenvalue weighted by atomic mass is 10.1. The molecule has 0 aliphatic rings. The Bertz CT molecular complexity index is 821. The van der Waals surface area contributed by atoms with Crippen LogP contribution in [0.15, 0.2) is 46.3 Å². The second kappa shape index (κ2) is 7.32. The highest BCUT2D eigenvalue weighted by molar-refractivity contribution is 7.13.